The molecule has 0 aliphatic carbocycles. The molecule has 1 unspecified atom stereocenters. The van der Waals surface area contributed by atoms with E-state index in [9.17, 15) is 0 Å². The first-order valence-electron chi connectivity index (χ1n) is 3.38. The van der Waals surface area contributed by atoms with Gasteiger partial charge in [0.05, 0.1) is 7.11 Å². The minimum atomic E-state index is 0.506. The second-order valence-corrected chi connectivity index (χ2v) is 4.12. The van der Waals surface area contributed by atoms with Gasteiger partial charge in [-0.15, -0.1) is 0 Å². The third-order valence-electron chi connectivity index (χ3n) is 1.43. The fraction of sp³-hybridized carbons (Fsp3) is 0.375. The quantitative estimate of drug-likeness (QED) is 0.604. The average molecular weight is 263 g/mol. The first kappa shape index (κ1) is 8.77. The van der Waals surface area contributed by atoms with E-state index in [1.54, 1.807) is 7.11 Å². The smallest absolute Gasteiger partial charge is 0.212 e. The summed E-state index contributed by atoms with van der Waals surface area (Å²) in [6.07, 6.45) is 1.84. The molecular formula is C8H10INO. The molecule has 11 heavy (non-hydrogen) atoms. The molecule has 3 heteroatoms. The van der Waals surface area contributed by atoms with Crippen molar-refractivity contribution in [3.05, 3.63) is 23.9 Å². The van der Waals surface area contributed by atoms with Crippen molar-refractivity contribution in [3.63, 3.8) is 0 Å². The minimum Gasteiger partial charge on any atom is -0.481 e. The number of rotatable bonds is 2. The molecule has 2 nitrogen and oxygen atoms in total. The van der Waals surface area contributed by atoms with Crippen LogP contribution in [0.4, 0.5) is 0 Å². The van der Waals surface area contributed by atoms with E-state index in [4.69, 9.17) is 4.74 Å². The van der Waals surface area contributed by atoms with Crippen LogP contribution in [0.15, 0.2) is 18.3 Å². The van der Waals surface area contributed by atoms with E-state index >= 15 is 0 Å². The van der Waals surface area contributed by atoms with Crippen LogP contribution < -0.4 is 4.74 Å². The lowest BCUT2D eigenvalue weighted by Gasteiger charge is -2.03. The van der Waals surface area contributed by atoms with E-state index in [-0.39, 0.29) is 0 Å². The summed E-state index contributed by atoms with van der Waals surface area (Å²) in [7, 11) is 1.62. The summed E-state index contributed by atoms with van der Waals surface area (Å²) in [5, 5.41) is 0. The first-order valence-corrected chi connectivity index (χ1v) is 4.62. The van der Waals surface area contributed by atoms with E-state index in [0.29, 0.717) is 9.80 Å². The summed E-state index contributed by atoms with van der Waals surface area (Å²) < 4.78 is 5.44. The van der Waals surface area contributed by atoms with Gasteiger partial charge in [0.25, 0.3) is 0 Å². The van der Waals surface area contributed by atoms with Gasteiger partial charge in [0.15, 0.2) is 0 Å². The largest absolute Gasteiger partial charge is 0.481 e. The molecule has 0 aliphatic heterocycles. The van der Waals surface area contributed by atoms with Crippen LogP contribution in [0.1, 0.15) is 16.4 Å². The summed E-state index contributed by atoms with van der Waals surface area (Å²) in [4.78, 5) is 4.09. The number of aromatic nitrogens is 1. The number of halogens is 1. The van der Waals surface area contributed by atoms with Crippen molar-refractivity contribution >= 4 is 22.6 Å². The van der Waals surface area contributed by atoms with Crippen molar-refractivity contribution < 1.29 is 4.74 Å². The maximum absolute atomic E-state index is 4.94. The van der Waals surface area contributed by atoms with Crippen molar-refractivity contribution in [1.82, 2.24) is 4.98 Å². The molecule has 0 spiro atoms. The molecule has 1 rings (SSSR count). The van der Waals surface area contributed by atoms with Crippen LogP contribution in [-0.2, 0) is 0 Å². The third-order valence-corrected chi connectivity index (χ3v) is 2.15. The Balaban J connectivity index is 2.83. The molecule has 60 valence electrons. The fourth-order valence-corrected chi connectivity index (χ4v) is 1.12. The predicted octanol–water partition coefficient (Wildman–Crippen LogP) is 2.59. The molecule has 1 aromatic heterocycles. The zero-order chi connectivity index (χ0) is 8.27. The molecule has 1 aromatic rings. The Hall–Kier alpha value is -0.320. The van der Waals surface area contributed by atoms with Crippen molar-refractivity contribution in [2.75, 3.05) is 7.11 Å². The summed E-state index contributed by atoms with van der Waals surface area (Å²) in [6.45, 7) is 2.13. The van der Waals surface area contributed by atoms with Crippen LogP contribution in [0, 0.1) is 0 Å². The van der Waals surface area contributed by atoms with Crippen LogP contribution >= 0.6 is 22.6 Å². The lowest BCUT2D eigenvalue weighted by Crippen LogP contribution is -1.89. The molecule has 0 N–H and O–H groups in total. The molecule has 0 saturated carbocycles. The normalized spacial score (nSPS) is 12.6. The van der Waals surface area contributed by atoms with Gasteiger partial charge in [-0.3, -0.25) is 0 Å². The van der Waals surface area contributed by atoms with E-state index in [1.165, 1.54) is 5.56 Å². The number of ether oxygens (including phenoxy) is 1. The molecule has 0 fully saturated rings. The monoisotopic (exact) mass is 263 g/mol. The van der Waals surface area contributed by atoms with Crippen LogP contribution in [-0.4, -0.2) is 12.1 Å². The Labute approximate surface area is 80.1 Å². The number of methoxy groups -OCH3 is 1. The molecular weight excluding hydrogens is 253 g/mol. The zero-order valence-corrected chi connectivity index (χ0v) is 8.70. The van der Waals surface area contributed by atoms with Crippen LogP contribution in [0.2, 0.25) is 0 Å². The Morgan fingerprint density at radius 2 is 2.27 bits per heavy atom. The second-order valence-electron chi connectivity index (χ2n) is 2.25. The van der Waals surface area contributed by atoms with E-state index < -0.39 is 0 Å². The fourth-order valence-electron chi connectivity index (χ4n) is 0.748. The van der Waals surface area contributed by atoms with Gasteiger partial charge in [-0.25, -0.2) is 4.98 Å². The van der Waals surface area contributed by atoms with Gasteiger partial charge in [0.2, 0.25) is 5.88 Å². The molecule has 1 atom stereocenters. The van der Waals surface area contributed by atoms with Gasteiger partial charge in [0, 0.05) is 16.2 Å². The van der Waals surface area contributed by atoms with E-state index in [2.05, 4.69) is 34.5 Å². The highest BCUT2D eigenvalue weighted by atomic mass is 127. The van der Waals surface area contributed by atoms with Crippen molar-refractivity contribution in [2.24, 2.45) is 0 Å². The zero-order valence-electron chi connectivity index (χ0n) is 6.54. The minimum absolute atomic E-state index is 0.506. The Bertz CT molecular complexity index is 220. The highest BCUT2D eigenvalue weighted by molar-refractivity contribution is 14.1. The predicted molar refractivity (Wildman–Crippen MR) is 53.2 cm³/mol. The number of hydrogen-bond acceptors (Lipinski definition) is 2. The van der Waals surface area contributed by atoms with E-state index in [0.717, 1.165) is 0 Å². The van der Waals surface area contributed by atoms with Gasteiger partial charge in [-0.05, 0) is 12.5 Å². The molecule has 0 amide bonds. The molecule has 0 aromatic carbocycles. The summed E-state index contributed by atoms with van der Waals surface area (Å²) >= 11 is 2.35. The first-order chi connectivity index (χ1) is 5.24. The number of hydrogen-bond donors (Lipinski definition) is 0. The third kappa shape index (κ3) is 2.32. The van der Waals surface area contributed by atoms with Crippen molar-refractivity contribution in [1.29, 1.82) is 0 Å². The highest BCUT2D eigenvalue weighted by Crippen LogP contribution is 2.22. The molecule has 0 saturated heterocycles. The van der Waals surface area contributed by atoms with Crippen molar-refractivity contribution in [3.8, 4) is 5.88 Å². The molecule has 0 aliphatic rings. The average Bonchev–Trinajstić information content (AvgIpc) is 2.05. The van der Waals surface area contributed by atoms with Crippen LogP contribution in [0.3, 0.4) is 0 Å². The number of alkyl halides is 1. The highest BCUT2D eigenvalue weighted by Gasteiger charge is 1.99. The summed E-state index contributed by atoms with van der Waals surface area (Å²) in [5.41, 5.74) is 1.23. The topological polar surface area (TPSA) is 22.1 Å². The van der Waals surface area contributed by atoms with Gasteiger partial charge in [0.1, 0.15) is 0 Å². The standard InChI is InChI=1S/C8H10INO/c1-6(9)7-3-4-8(11-2)10-5-7/h3-6H,1-2H3. The maximum Gasteiger partial charge on any atom is 0.212 e. The lowest BCUT2D eigenvalue weighted by atomic mass is 10.2. The lowest BCUT2D eigenvalue weighted by molar-refractivity contribution is 0.397. The van der Waals surface area contributed by atoms with Gasteiger partial charge >= 0.3 is 0 Å². The van der Waals surface area contributed by atoms with E-state index in [1.807, 2.05) is 18.3 Å². The molecule has 0 radical (unpaired) electrons. The Kier molecular flexibility index (Phi) is 3.11. The summed E-state index contributed by atoms with van der Waals surface area (Å²) in [6, 6.07) is 3.91. The SMILES string of the molecule is COc1ccc(C(C)I)cn1. The van der Waals surface area contributed by atoms with Gasteiger partial charge in [-0.1, -0.05) is 28.7 Å². The summed E-state index contributed by atoms with van der Waals surface area (Å²) in [5.74, 6) is 0.672. The van der Waals surface area contributed by atoms with Crippen molar-refractivity contribution in [2.45, 2.75) is 10.8 Å². The van der Waals surface area contributed by atoms with Gasteiger partial charge in [-0.2, -0.15) is 0 Å². The van der Waals surface area contributed by atoms with Crippen LogP contribution in [0.25, 0.3) is 0 Å². The molecule has 1 heterocycles. The molecule has 0 bridgehead atoms. The number of pyridine rings is 1. The van der Waals surface area contributed by atoms with Gasteiger partial charge < -0.3 is 4.74 Å². The Morgan fingerprint density at radius 3 is 2.64 bits per heavy atom. The Morgan fingerprint density at radius 1 is 1.55 bits per heavy atom. The maximum atomic E-state index is 4.94. The van der Waals surface area contributed by atoms with Crippen LogP contribution in [0.5, 0.6) is 5.88 Å². The second kappa shape index (κ2) is 3.90. The number of nitrogens with zero attached hydrogens (tertiary/aromatic N) is 1.